The molecule has 0 aromatic heterocycles. The van der Waals surface area contributed by atoms with Crippen LogP contribution in [0.15, 0.2) is 53.4 Å². The van der Waals surface area contributed by atoms with Crippen molar-refractivity contribution in [3.8, 4) is 5.75 Å². The zero-order valence-corrected chi connectivity index (χ0v) is 16.3. The van der Waals surface area contributed by atoms with E-state index in [2.05, 4.69) is 5.32 Å². The number of rotatable bonds is 6. The normalized spacial score (nSPS) is 16.1. The summed E-state index contributed by atoms with van der Waals surface area (Å²) in [6.07, 6.45) is 1.72. The van der Waals surface area contributed by atoms with Crippen LogP contribution in [0.3, 0.4) is 0 Å². The monoisotopic (exact) mass is 388 g/mol. The van der Waals surface area contributed by atoms with Crippen molar-refractivity contribution in [1.29, 1.82) is 0 Å². The largest absolute Gasteiger partial charge is 0.496 e. The van der Waals surface area contributed by atoms with Crippen LogP contribution < -0.4 is 10.1 Å². The van der Waals surface area contributed by atoms with E-state index in [-0.39, 0.29) is 22.4 Å². The van der Waals surface area contributed by atoms with Gasteiger partial charge in [0.2, 0.25) is 10.0 Å². The van der Waals surface area contributed by atoms with E-state index in [1.807, 2.05) is 37.3 Å². The Morgan fingerprint density at radius 3 is 2.41 bits per heavy atom. The van der Waals surface area contributed by atoms with Crippen molar-refractivity contribution >= 4 is 15.9 Å². The molecule has 0 aliphatic carbocycles. The van der Waals surface area contributed by atoms with E-state index < -0.39 is 10.0 Å². The summed E-state index contributed by atoms with van der Waals surface area (Å²) in [5.41, 5.74) is 1.17. The molecule has 1 aliphatic heterocycles. The molecule has 1 aliphatic rings. The highest BCUT2D eigenvalue weighted by molar-refractivity contribution is 7.89. The summed E-state index contributed by atoms with van der Waals surface area (Å²) in [6.45, 7) is 2.91. The van der Waals surface area contributed by atoms with Crippen LogP contribution in [-0.2, 0) is 10.0 Å². The second kappa shape index (κ2) is 8.10. The second-order valence-corrected chi connectivity index (χ2v) is 8.52. The molecule has 1 amide bonds. The van der Waals surface area contributed by atoms with Gasteiger partial charge < -0.3 is 10.1 Å². The van der Waals surface area contributed by atoms with Crippen molar-refractivity contribution in [1.82, 2.24) is 9.62 Å². The Balaban J connectivity index is 1.88. The molecule has 2 aromatic carbocycles. The molecule has 7 heteroatoms. The summed E-state index contributed by atoms with van der Waals surface area (Å²) >= 11 is 0. The molecule has 0 unspecified atom stereocenters. The first kappa shape index (κ1) is 19.4. The van der Waals surface area contributed by atoms with Gasteiger partial charge in [-0.05, 0) is 43.5 Å². The van der Waals surface area contributed by atoms with Gasteiger partial charge in [-0.2, -0.15) is 4.31 Å². The number of hydrogen-bond acceptors (Lipinski definition) is 4. The number of ether oxygens (including phenoxy) is 1. The summed E-state index contributed by atoms with van der Waals surface area (Å²) in [6, 6.07) is 13.8. The van der Waals surface area contributed by atoms with E-state index in [4.69, 9.17) is 4.74 Å². The number of nitrogens with zero attached hydrogens (tertiary/aromatic N) is 1. The summed E-state index contributed by atoms with van der Waals surface area (Å²) in [4.78, 5) is 12.9. The van der Waals surface area contributed by atoms with Crippen LogP contribution in [0.1, 0.15) is 41.7 Å². The van der Waals surface area contributed by atoms with Crippen molar-refractivity contribution in [2.45, 2.75) is 30.7 Å². The average molecular weight is 388 g/mol. The maximum Gasteiger partial charge on any atom is 0.255 e. The lowest BCUT2D eigenvalue weighted by atomic mass is 10.1. The SMILES string of the molecule is COc1ccc(S(=O)(=O)N2CCCC2)cc1C(=O)N[C@H](C)c1ccccc1. The summed E-state index contributed by atoms with van der Waals surface area (Å²) in [5.74, 6) is -0.0326. The van der Waals surface area contributed by atoms with Gasteiger partial charge in [0.25, 0.3) is 5.91 Å². The van der Waals surface area contributed by atoms with Gasteiger partial charge in [-0.1, -0.05) is 30.3 Å². The lowest BCUT2D eigenvalue weighted by Gasteiger charge is -2.18. The van der Waals surface area contributed by atoms with Gasteiger partial charge >= 0.3 is 0 Å². The van der Waals surface area contributed by atoms with Crippen molar-refractivity contribution in [2.24, 2.45) is 0 Å². The van der Waals surface area contributed by atoms with Gasteiger partial charge in [-0.25, -0.2) is 8.42 Å². The minimum Gasteiger partial charge on any atom is -0.496 e. The fourth-order valence-electron chi connectivity index (χ4n) is 3.20. The van der Waals surface area contributed by atoms with Gasteiger partial charge in [0, 0.05) is 13.1 Å². The topological polar surface area (TPSA) is 75.7 Å². The second-order valence-electron chi connectivity index (χ2n) is 6.58. The average Bonchev–Trinajstić information content (AvgIpc) is 3.23. The number of methoxy groups -OCH3 is 1. The van der Waals surface area contributed by atoms with Crippen molar-refractivity contribution < 1.29 is 17.9 Å². The fraction of sp³-hybridized carbons (Fsp3) is 0.350. The zero-order chi connectivity index (χ0) is 19.4. The Bertz CT molecular complexity index is 907. The molecule has 1 N–H and O–H groups in total. The molecule has 0 bridgehead atoms. The van der Waals surface area contributed by atoms with Crippen LogP contribution in [0, 0.1) is 0 Å². The lowest BCUT2D eigenvalue weighted by molar-refractivity contribution is 0.0936. The van der Waals surface area contributed by atoms with Crippen molar-refractivity contribution in [3.63, 3.8) is 0 Å². The molecular weight excluding hydrogens is 364 g/mol. The number of benzene rings is 2. The molecule has 27 heavy (non-hydrogen) atoms. The highest BCUT2D eigenvalue weighted by Crippen LogP contribution is 2.27. The highest BCUT2D eigenvalue weighted by atomic mass is 32.2. The molecular formula is C20H24N2O4S. The Labute approximate surface area is 160 Å². The summed E-state index contributed by atoms with van der Waals surface area (Å²) in [7, 11) is -2.14. The molecule has 1 fully saturated rings. The molecule has 1 atom stereocenters. The lowest BCUT2D eigenvalue weighted by Crippen LogP contribution is -2.29. The predicted octanol–water partition coefficient (Wildman–Crippen LogP) is 2.97. The predicted molar refractivity (Wildman–Crippen MR) is 103 cm³/mol. The quantitative estimate of drug-likeness (QED) is 0.825. The Morgan fingerprint density at radius 1 is 1.11 bits per heavy atom. The number of carbonyl (C=O) groups is 1. The molecule has 1 heterocycles. The number of amides is 1. The third kappa shape index (κ3) is 4.14. The van der Waals surface area contributed by atoms with Crippen LogP contribution >= 0.6 is 0 Å². The highest BCUT2D eigenvalue weighted by Gasteiger charge is 2.28. The van der Waals surface area contributed by atoms with E-state index >= 15 is 0 Å². The van der Waals surface area contributed by atoms with E-state index in [0.717, 1.165) is 18.4 Å². The first-order chi connectivity index (χ1) is 12.9. The van der Waals surface area contributed by atoms with Crippen molar-refractivity contribution in [3.05, 3.63) is 59.7 Å². The first-order valence-electron chi connectivity index (χ1n) is 8.97. The molecule has 6 nitrogen and oxygen atoms in total. The van der Waals surface area contributed by atoms with E-state index in [1.54, 1.807) is 0 Å². The number of hydrogen-bond donors (Lipinski definition) is 1. The smallest absolute Gasteiger partial charge is 0.255 e. The van der Waals surface area contributed by atoms with Crippen LogP contribution in [-0.4, -0.2) is 38.8 Å². The Morgan fingerprint density at radius 2 is 1.78 bits per heavy atom. The molecule has 0 spiro atoms. The van der Waals surface area contributed by atoms with Gasteiger partial charge in [-0.3, -0.25) is 4.79 Å². The van der Waals surface area contributed by atoms with Crippen molar-refractivity contribution in [2.75, 3.05) is 20.2 Å². The number of sulfonamides is 1. The van der Waals surface area contributed by atoms with Gasteiger partial charge in [0.1, 0.15) is 5.75 Å². The summed E-state index contributed by atoms with van der Waals surface area (Å²) in [5, 5.41) is 2.91. The van der Waals surface area contributed by atoms with Crippen LogP contribution in [0.4, 0.5) is 0 Å². The van der Waals surface area contributed by atoms with Gasteiger partial charge in [-0.15, -0.1) is 0 Å². The molecule has 144 valence electrons. The third-order valence-corrected chi connectivity index (χ3v) is 6.66. The van der Waals surface area contributed by atoms with E-state index in [1.165, 1.54) is 29.6 Å². The van der Waals surface area contributed by atoms with Crippen LogP contribution in [0.25, 0.3) is 0 Å². The molecule has 2 aromatic rings. The molecule has 0 radical (unpaired) electrons. The van der Waals surface area contributed by atoms with Crippen LogP contribution in [0.5, 0.6) is 5.75 Å². The maximum absolute atomic E-state index is 12.8. The van der Waals surface area contributed by atoms with Gasteiger partial charge in [0.05, 0.1) is 23.6 Å². The molecule has 1 saturated heterocycles. The third-order valence-electron chi connectivity index (χ3n) is 4.77. The number of carbonyl (C=O) groups excluding carboxylic acids is 1. The van der Waals surface area contributed by atoms with E-state index in [9.17, 15) is 13.2 Å². The Kier molecular flexibility index (Phi) is 5.82. The molecule has 3 rings (SSSR count). The number of nitrogens with one attached hydrogen (secondary N) is 1. The molecule has 0 saturated carbocycles. The van der Waals surface area contributed by atoms with Crippen LogP contribution in [0.2, 0.25) is 0 Å². The zero-order valence-electron chi connectivity index (χ0n) is 15.5. The van der Waals surface area contributed by atoms with E-state index in [0.29, 0.717) is 18.8 Å². The minimum atomic E-state index is -3.60. The summed E-state index contributed by atoms with van der Waals surface area (Å²) < 4.78 is 32.4. The fourth-order valence-corrected chi connectivity index (χ4v) is 4.75. The maximum atomic E-state index is 12.8. The first-order valence-corrected chi connectivity index (χ1v) is 10.4. The Hall–Kier alpha value is -2.38. The minimum absolute atomic E-state index is 0.114. The van der Waals surface area contributed by atoms with Gasteiger partial charge in [0.15, 0.2) is 0 Å². The standard InChI is InChI=1S/C20H24N2O4S/c1-15(16-8-4-3-5-9-16)21-20(23)18-14-17(10-11-19(18)26-2)27(24,25)22-12-6-7-13-22/h3-5,8-11,14-15H,6-7,12-13H2,1-2H3,(H,21,23)/t15-/m1/s1.